The first-order valence-electron chi connectivity index (χ1n) is 14.0. The summed E-state index contributed by atoms with van der Waals surface area (Å²) in [6, 6.07) is 0.729. The summed E-state index contributed by atoms with van der Waals surface area (Å²) in [6.07, 6.45) is 17.7. The summed E-state index contributed by atoms with van der Waals surface area (Å²) in [5.41, 5.74) is 1.97. The predicted molar refractivity (Wildman–Crippen MR) is 137 cm³/mol. The van der Waals surface area contributed by atoms with E-state index in [9.17, 15) is 9.59 Å². The monoisotopic (exact) mass is 474 g/mol. The number of rotatable bonds is 0. The first-order valence-corrected chi connectivity index (χ1v) is 14.0. The summed E-state index contributed by atoms with van der Waals surface area (Å²) in [7, 11) is 0. The van der Waals surface area contributed by atoms with E-state index in [1.165, 1.54) is 12.8 Å². The van der Waals surface area contributed by atoms with Gasteiger partial charge in [-0.1, -0.05) is 51.4 Å². The van der Waals surface area contributed by atoms with Gasteiger partial charge >= 0.3 is 11.9 Å². The average Bonchev–Trinajstić information content (AvgIpc) is 2.80. The second kappa shape index (κ2) is 14.6. The van der Waals surface area contributed by atoms with Crippen molar-refractivity contribution in [2.24, 2.45) is 9.98 Å². The Labute approximate surface area is 206 Å². The lowest BCUT2D eigenvalue weighted by atomic mass is 9.96. The number of carbonyl (C=O) groups excluding carboxylic acids is 2. The molecular weight excluding hydrogens is 428 g/mol. The Balaban J connectivity index is 1.48. The van der Waals surface area contributed by atoms with Crippen LogP contribution in [0.3, 0.4) is 0 Å². The number of nitrogens with zero attached hydrogens (tertiary/aromatic N) is 2. The average molecular weight is 475 g/mol. The molecule has 0 aromatic rings. The fourth-order valence-electron chi connectivity index (χ4n) is 5.48. The lowest BCUT2D eigenvalue weighted by Gasteiger charge is -2.26. The van der Waals surface area contributed by atoms with Crippen LogP contribution in [-0.4, -0.2) is 47.7 Å². The SMILES string of the molecule is CC1=NC2CCCCCCCC(=O)OC3CCC(CCCCCCCC(=O)OC1CC2)N=C3C. The van der Waals surface area contributed by atoms with Gasteiger partial charge < -0.3 is 9.47 Å². The second-order valence-electron chi connectivity index (χ2n) is 10.6. The highest BCUT2D eigenvalue weighted by Gasteiger charge is 2.26. The Kier molecular flexibility index (Phi) is 11.6. The van der Waals surface area contributed by atoms with Crippen LogP contribution in [0, 0.1) is 0 Å². The van der Waals surface area contributed by atoms with Crippen LogP contribution in [0.15, 0.2) is 9.98 Å². The van der Waals surface area contributed by atoms with Crippen LogP contribution in [0.25, 0.3) is 0 Å². The van der Waals surface area contributed by atoms with E-state index in [2.05, 4.69) is 0 Å². The molecule has 0 amide bonds. The molecule has 0 aliphatic carbocycles. The van der Waals surface area contributed by atoms with E-state index in [4.69, 9.17) is 19.5 Å². The summed E-state index contributed by atoms with van der Waals surface area (Å²) in [5, 5.41) is 0. The molecular formula is C28H46N2O4. The molecule has 6 aliphatic rings. The quantitative estimate of drug-likeness (QED) is 0.374. The number of hydrogen-bond donors (Lipinski definition) is 0. The highest BCUT2D eigenvalue weighted by Crippen LogP contribution is 2.24. The molecule has 6 rings (SSSR count). The van der Waals surface area contributed by atoms with E-state index in [1.807, 2.05) is 13.8 Å². The van der Waals surface area contributed by atoms with Crippen molar-refractivity contribution in [2.45, 2.75) is 154 Å². The first kappa shape index (κ1) is 26.9. The molecule has 4 bridgehead atoms. The maximum Gasteiger partial charge on any atom is 0.306 e. The Bertz CT molecular complexity index is 657. The number of esters is 2. The van der Waals surface area contributed by atoms with Crippen LogP contribution < -0.4 is 0 Å². The van der Waals surface area contributed by atoms with Gasteiger partial charge in [-0.2, -0.15) is 0 Å². The molecule has 0 aromatic carbocycles. The summed E-state index contributed by atoms with van der Waals surface area (Å²) in [4.78, 5) is 34.2. The minimum absolute atomic E-state index is 0.0679. The number of aliphatic imine (C=N–C) groups is 2. The van der Waals surface area contributed by atoms with Crippen LogP contribution >= 0.6 is 0 Å². The van der Waals surface area contributed by atoms with E-state index in [-0.39, 0.29) is 24.1 Å². The lowest BCUT2D eigenvalue weighted by Crippen LogP contribution is -2.31. The van der Waals surface area contributed by atoms with Crippen molar-refractivity contribution < 1.29 is 19.1 Å². The first-order chi connectivity index (χ1) is 16.5. The third-order valence-electron chi connectivity index (χ3n) is 7.61. The molecule has 6 heteroatoms. The minimum atomic E-state index is -0.124. The fourth-order valence-corrected chi connectivity index (χ4v) is 5.48. The lowest BCUT2D eigenvalue weighted by molar-refractivity contribution is -0.147. The highest BCUT2D eigenvalue weighted by molar-refractivity contribution is 5.89. The van der Waals surface area contributed by atoms with Gasteiger partial charge in [0, 0.05) is 12.8 Å². The number of carbonyl (C=O) groups is 2. The van der Waals surface area contributed by atoms with E-state index < -0.39 is 0 Å². The summed E-state index contributed by atoms with van der Waals surface area (Å²) < 4.78 is 11.5. The Morgan fingerprint density at radius 2 is 0.912 bits per heavy atom. The molecule has 4 unspecified atom stereocenters. The molecule has 4 atom stereocenters. The van der Waals surface area contributed by atoms with Crippen molar-refractivity contribution in [1.82, 2.24) is 0 Å². The van der Waals surface area contributed by atoms with Crippen LogP contribution in [0.2, 0.25) is 0 Å². The maximum atomic E-state index is 12.3. The molecule has 0 spiro atoms. The zero-order valence-corrected chi connectivity index (χ0v) is 21.6. The van der Waals surface area contributed by atoms with Crippen molar-refractivity contribution >= 4 is 23.4 Å². The largest absolute Gasteiger partial charge is 0.456 e. The third-order valence-corrected chi connectivity index (χ3v) is 7.61. The van der Waals surface area contributed by atoms with Crippen LogP contribution in [-0.2, 0) is 19.1 Å². The smallest absolute Gasteiger partial charge is 0.306 e. The zero-order chi connectivity index (χ0) is 24.2. The molecule has 0 N–H and O–H groups in total. The van der Waals surface area contributed by atoms with Crippen molar-refractivity contribution in [2.75, 3.05) is 0 Å². The fraction of sp³-hybridized carbons (Fsp3) is 0.857. The second-order valence-corrected chi connectivity index (χ2v) is 10.6. The Morgan fingerprint density at radius 3 is 1.32 bits per heavy atom. The summed E-state index contributed by atoms with van der Waals surface area (Å²) >= 11 is 0. The summed E-state index contributed by atoms with van der Waals surface area (Å²) in [6.45, 7) is 4.02. The van der Waals surface area contributed by atoms with Gasteiger partial charge in [-0.3, -0.25) is 19.6 Å². The van der Waals surface area contributed by atoms with Crippen molar-refractivity contribution in [3.8, 4) is 0 Å². The molecule has 34 heavy (non-hydrogen) atoms. The topological polar surface area (TPSA) is 77.3 Å². The van der Waals surface area contributed by atoms with Gasteiger partial charge in [0.2, 0.25) is 0 Å². The number of hydrogen-bond acceptors (Lipinski definition) is 6. The maximum absolute atomic E-state index is 12.3. The standard InChI is InChI=1S/C28H46N2O4/c1-21-25-19-17-23(29-21)13-9-5-3-8-12-16-28(32)34-26-20-18-24(30-22(26)2)14-10-6-4-7-11-15-27(31)33-25/h23-26H,3-20H2,1-2H3. The summed E-state index contributed by atoms with van der Waals surface area (Å²) in [5.74, 6) is -0.136. The van der Waals surface area contributed by atoms with E-state index >= 15 is 0 Å². The molecule has 192 valence electrons. The van der Waals surface area contributed by atoms with Crippen molar-refractivity contribution in [3.63, 3.8) is 0 Å². The molecule has 6 nitrogen and oxygen atoms in total. The van der Waals surface area contributed by atoms with Crippen LogP contribution in [0.1, 0.15) is 129 Å². The molecule has 0 radical (unpaired) electrons. The molecule has 6 aliphatic heterocycles. The van der Waals surface area contributed by atoms with E-state index in [0.29, 0.717) is 24.9 Å². The molecule has 6 heterocycles. The van der Waals surface area contributed by atoms with Gasteiger partial charge in [0.1, 0.15) is 12.2 Å². The van der Waals surface area contributed by atoms with Gasteiger partial charge in [0.15, 0.2) is 0 Å². The highest BCUT2D eigenvalue weighted by atomic mass is 16.5. The van der Waals surface area contributed by atoms with Gasteiger partial charge in [0.25, 0.3) is 0 Å². The minimum Gasteiger partial charge on any atom is -0.456 e. The van der Waals surface area contributed by atoms with Crippen molar-refractivity contribution in [1.29, 1.82) is 0 Å². The van der Waals surface area contributed by atoms with Gasteiger partial charge in [-0.15, -0.1) is 0 Å². The van der Waals surface area contributed by atoms with Crippen LogP contribution in [0.5, 0.6) is 0 Å². The third kappa shape index (κ3) is 9.50. The predicted octanol–water partition coefficient (Wildman–Crippen LogP) is 6.53. The zero-order valence-electron chi connectivity index (χ0n) is 21.6. The van der Waals surface area contributed by atoms with Crippen LogP contribution in [0.4, 0.5) is 0 Å². The molecule has 0 aromatic heterocycles. The molecule has 0 saturated carbocycles. The van der Waals surface area contributed by atoms with E-state index in [1.54, 1.807) is 0 Å². The molecule has 1 saturated heterocycles. The number of ether oxygens (including phenoxy) is 2. The van der Waals surface area contributed by atoms with Gasteiger partial charge in [-0.05, 0) is 65.2 Å². The normalized spacial score (nSPS) is 31.8. The Morgan fingerprint density at radius 1 is 0.529 bits per heavy atom. The van der Waals surface area contributed by atoms with Crippen molar-refractivity contribution in [3.05, 3.63) is 0 Å². The van der Waals surface area contributed by atoms with Gasteiger partial charge in [0.05, 0.1) is 23.5 Å². The van der Waals surface area contributed by atoms with Gasteiger partial charge in [-0.25, -0.2) is 0 Å². The Hall–Kier alpha value is -1.72. The van der Waals surface area contributed by atoms with E-state index in [0.717, 1.165) is 101 Å². The molecule has 1 fully saturated rings.